The lowest BCUT2D eigenvalue weighted by Gasteiger charge is -2.08. The minimum Gasteiger partial charge on any atom is -0.508 e. The molecule has 0 bridgehead atoms. The third kappa shape index (κ3) is 4.50. The van der Waals surface area contributed by atoms with Crippen LogP contribution in [0, 0.1) is 0 Å². The standard InChI is InChI=1S/C23H20N4O2/c28-19-12-10-18(11-13-19)15-24-26-23(29)16-27-21-9-5-4-8-20(21)25-22(27)14-17-6-2-1-3-7-17/h1-13,15,28H,14,16H2,(H,26,29)/b24-15+. The largest absolute Gasteiger partial charge is 0.508 e. The smallest absolute Gasteiger partial charge is 0.260 e. The Morgan fingerprint density at radius 2 is 1.72 bits per heavy atom. The van der Waals surface area contributed by atoms with Gasteiger partial charge in [0.05, 0.1) is 17.2 Å². The Hall–Kier alpha value is -3.93. The van der Waals surface area contributed by atoms with E-state index in [4.69, 9.17) is 4.98 Å². The SMILES string of the molecule is O=C(Cn1c(Cc2ccccc2)nc2ccccc21)N/N=C/c1ccc(O)cc1. The molecule has 0 fully saturated rings. The van der Waals surface area contributed by atoms with E-state index in [9.17, 15) is 9.90 Å². The molecule has 1 amide bonds. The van der Waals surface area contributed by atoms with Crippen molar-refractivity contribution in [3.05, 3.63) is 95.8 Å². The monoisotopic (exact) mass is 384 g/mol. The van der Waals surface area contributed by atoms with E-state index in [1.807, 2.05) is 59.2 Å². The Morgan fingerprint density at radius 1 is 1.00 bits per heavy atom. The number of amides is 1. The van der Waals surface area contributed by atoms with Crippen molar-refractivity contribution in [2.45, 2.75) is 13.0 Å². The fourth-order valence-corrected chi connectivity index (χ4v) is 3.13. The molecule has 0 aliphatic carbocycles. The summed E-state index contributed by atoms with van der Waals surface area (Å²) in [5.41, 5.74) is 6.25. The van der Waals surface area contributed by atoms with Crippen LogP contribution in [-0.4, -0.2) is 26.8 Å². The first-order chi connectivity index (χ1) is 14.2. The summed E-state index contributed by atoms with van der Waals surface area (Å²) in [6.45, 7) is 0.121. The van der Waals surface area contributed by atoms with Crippen LogP contribution in [0.1, 0.15) is 17.0 Å². The molecule has 6 nitrogen and oxygen atoms in total. The number of carbonyl (C=O) groups is 1. The first kappa shape index (κ1) is 18.4. The third-order valence-corrected chi connectivity index (χ3v) is 4.54. The van der Waals surface area contributed by atoms with Crippen LogP contribution < -0.4 is 5.43 Å². The van der Waals surface area contributed by atoms with Gasteiger partial charge in [-0.2, -0.15) is 5.10 Å². The molecule has 0 saturated heterocycles. The predicted molar refractivity (Wildman–Crippen MR) is 113 cm³/mol. The normalized spacial score (nSPS) is 11.2. The molecular formula is C23H20N4O2. The van der Waals surface area contributed by atoms with Crippen molar-refractivity contribution >= 4 is 23.2 Å². The van der Waals surface area contributed by atoms with Crippen LogP contribution in [0.25, 0.3) is 11.0 Å². The number of nitrogens with one attached hydrogen (secondary N) is 1. The molecule has 4 aromatic rings. The summed E-state index contributed by atoms with van der Waals surface area (Å²) in [5, 5.41) is 13.3. The van der Waals surface area contributed by atoms with E-state index in [0.717, 1.165) is 28.0 Å². The van der Waals surface area contributed by atoms with E-state index >= 15 is 0 Å². The average Bonchev–Trinajstić information content (AvgIpc) is 3.07. The van der Waals surface area contributed by atoms with Gasteiger partial charge in [-0.25, -0.2) is 10.4 Å². The maximum absolute atomic E-state index is 12.5. The summed E-state index contributed by atoms with van der Waals surface area (Å²) >= 11 is 0. The van der Waals surface area contributed by atoms with Crippen molar-refractivity contribution in [3.8, 4) is 5.75 Å². The van der Waals surface area contributed by atoms with Crippen LogP contribution in [0.15, 0.2) is 84.0 Å². The summed E-state index contributed by atoms with van der Waals surface area (Å²) in [4.78, 5) is 17.2. The maximum atomic E-state index is 12.5. The lowest BCUT2D eigenvalue weighted by molar-refractivity contribution is -0.121. The minimum atomic E-state index is -0.238. The molecule has 0 radical (unpaired) electrons. The van der Waals surface area contributed by atoms with Crippen molar-refractivity contribution in [1.29, 1.82) is 0 Å². The van der Waals surface area contributed by atoms with Gasteiger partial charge < -0.3 is 9.67 Å². The summed E-state index contributed by atoms with van der Waals surface area (Å²) < 4.78 is 1.92. The van der Waals surface area contributed by atoms with E-state index in [1.54, 1.807) is 24.3 Å². The van der Waals surface area contributed by atoms with Gasteiger partial charge in [-0.3, -0.25) is 4.79 Å². The van der Waals surface area contributed by atoms with Gasteiger partial charge in [0.1, 0.15) is 18.1 Å². The maximum Gasteiger partial charge on any atom is 0.260 e. The summed E-state index contributed by atoms with van der Waals surface area (Å²) in [6, 6.07) is 24.4. The molecule has 6 heteroatoms. The molecule has 0 atom stereocenters. The number of hydrazone groups is 1. The van der Waals surface area contributed by atoms with Gasteiger partial charge in [-0.05, 0) is 47.5 Å². The van der Waals surface area contributed by atoms with E-state index in [-0.39, 0.29) is 18.2 Å². The molecule has 0 aliphatic rings. The van der Waals surface area contributed by atoms with E-state index < -0.39 is 0 Å². The van der Waals surface area contributed by atoms with Crippen molar-refractivity contribution < 1.29 is 9.90 Å². The van der Waals surface area contributed by atoms with E-state index in [2.05, 4.69) is 10.5 Å². The fourth-order valence-electron chi connectivity index (χ4n) is 3.13. The van der Waals surface area contributed by atoms with Crippen molar-refractivity contribution in [2.75, 3.05) is 0 Å². The molecule has 3 aromatic carbocycles. The van der Waals surface area contributed by atoms with Gasteiger partial charge in [-0.15, -0.1) is 0 Å². The zero-order chi connectivity index (χ0) is 20.1. The molecule has 1 aromatic heterocycles. The first-order valence-corrected chi connectivity index (χ1v) is 9.28. The zero-order valence-electron chi connectivity index (χ0n) is 15.7. The van der Waals surface area contributed by atoms with E-state index in [1.165, 1.54) is 6.21 Å². The second-order valence-electron chi connectivity index (χ2n) is 6.65. The Kier molecular flexibility index (Phi) is 5.33. The van der Waals surface area contributed by atoms with Gasteiger partial charge in [0.15, 0.2) is 0 Å². The number of fused-ring (bicyclic) bond motifs is 1. The van der Waals surface area contributed by atoms with Crippen molar-refractivity contribution in [1.82, 2.24) is 15.0 Å². The summed E-state index contributed by atoms with van der Waals surface area (Å²) in [5.74, 6) is 0.775. The Balaban J connectivity index is 1.52. The lowest BCUT2D eigenvalue weighted by Crippen LogP contribution is -2.24. The van der Waals surface area contributed by atoms with E-state index in [0.29, 0.717) is 6.42 Å². The number of nitrogens with zero attached hydrogens (tertiary/aromatic N) is 3. The molecule has 0 spiro atoms. The quantitative estimate of drug-likeness (QED) is 0.395. The number of phenols is 1. The molecule has 4 rings (SSSR count). The zero-order valence-corrected chi connectivity index (χ0v) is 15.7. The number of benzene rings is 3. The second-order valence-corrected chi connectivity index (χ2v) is 6.65. The van der Waals surface area contributed by atoms with Crippen molar-refractivity contribution in [2.24, 2.45) is 5.10 Å². The van der Waals surface area contributed by atoms with Crippen LogP contribution in [0.4, 0.5) is 0 Å². The van der Waals surface area contributed by atoms with Gasteiger partial charge >= 0.3 is 0 Å². The topological polar surface area (TPSA) is 79.5 Å². The molecule has 0 unspecified atom stereocenters. The van der Waals surface area contributed by atoms with Crippen LogP contribution in [0.3, 0.4) is 0 Å². The van der Waals surface area contributed by atoms with Crippen LogP contribution in [0.5, 0.6) is 5.75 Å². The molecule has 0 aliphatic heterocycles. The Bertz CT molecular complexity index is 1150. The van der Waals surface area contributed by atoms with Crippen LogP contribution in [0.2, 0.25) is 0 Å². The second kappa shape index (κ2) is 8.39. The minimum absolute atomic E-state index is 0.121. The molecule has 2 N–H and O–H groups in total. The van der Waals surface area contributed by atoms with Gasteiger partial charge in [0, 0.05) is 6.42 Å². The number of hydrogen-bond donors (Lipinski definition) is 2. The number of aromatic hydroxyl groups is 1. The molecule has 144 valence electrons. The number of aromatic nitrogens is 2. The first-order valence-electron chi connectivity index (χ1n) is 9.28. The summed E-state index contributed by atoms with van der Waals surface area (Å²) in [6.07, 6.45) is 2.17. The van der Waals surface area contributed by atoms with Crippen molar-refractivity contribution in [3.63, 3.8) is 0 Å². The van der Waals surface area contributed by atoms with Crippen LogP contribution >= 0.6 is 0 Å². The predicted octanol–water partition coefficient (Wildman–Crippen LogP) is 3.48. The molecule has 1 heterocycles. The number of phenolic OH excluding ortho intramolecular Hbond substituents is 1. The highest BCUT2D eigenvalue weighted by Gasteiger charge is 2.13. The number of hydrogen-bond acceptors (Lipinski definition) is 4. The third-order valence-electron chi connectivity index (χ3n) is 4.54. The molecule has 0 saturated carbocycles. The van der Waals surface area contributed by atoms with Gasteiger partial charge in [-0.1, -0.05) is 42.5 Å². The summed E-state index contributed by atoms with van der Waals surface area (Å²) in [7, 11) is 0. The average molecular weight is 384 g/mol. The highest BCUT2D eigenvalue weighted by molar-refractivity contribution is 5.84. The highest BCUT2D eigenvalue weighted by atomic mass is 16.3. The number of para-hydroxylation sites is 2. The lowest BCUT2D eigenvalue weighted by atomic mass is 10.1. The number of imidazole rings is 1. The molecular weight excluding hydrogens is 364 g/mol. The Labute approximate surface area is 168 Å². The number of carbonyl (C=O) groups excluding carboxylic acids is 1. The van der Waals surface area contributed by atoms with Gasteiger partial charge in [0.2, 0.25) is 0 Å². The van der Waals surface area contributed by atoms with Crippen LogP contribution in [-0.2, 0) is 17.8 Å². The number of rotatable bonds is 6. The highest BCUT2D eigenvalue weighted by Crippen LogP contribution is 2.18. The van der Waals surface area contributed by atoms with Gasteiger partial charge in [0.25, 0.3) is 5.91 Å². The Morgan fingerprint density at radius 3 is 2.52 bits per heavy atom. The molecule has 29 heavy (non-hydrogen) atoms. The fraction of sp³-hybridized carbons (Fsp3) is 0.0870.